The number of hydrogen-bond acceptors (Lipinski definition) is 4. The van der Waals surface area contributed by atoms with Crippen molar-refractivity contribution in [2.75, 3.05) is 6.61 Å². The predicted molar refractivity (Wildman–Crippen MR) is 55.3 cm³/mol. The molecule has 1 aromatic heterocycles. The van der Waals surface area contributed by atoms with Crippen molar-refractivity contribution in [1.82, 2.24) is 15.0 Å². The van der Waals surface area contributed by atoms with Crippen molar-refractivity contribution in [3.63, 3.8) is 0 Å². The van der Waals surface area contributed by atoms with E-state index in [1.54, 1.807) is 10.9 Å². The van der Waals surface area contributed by atoms with Gasteiger partial charge >= 0.3 is 0 Å². The molecule has 0 unspecified atom stereocenters. The van der Waals surface area contributed by atoms with Gasteiger partial charge in [-0.25, -0.2) is 4.68 Å². The van der Waals surface area contributed by atoms with Crippen molar-refractivity contribution in [1.29, 1.82) is 0 Å². The van der Waals surface area contributed by atoms with Gasteiger partial charge in [-0.05, 0) is 0 Å². The predicted octanol–water partition coefficient (Wildman–Crippen LogP) is 0.428. The SMILES string of the molecule is CC(C)(C)C(=O)Cc1cnnn1CCO. The number of hydrogen-bond donors (Lipinski definition) is 1. The van der Waals surface area contributed by atoms with Crippen LogP contribution in [0.4, 0.5) is 0 Å². The third-order valence-corrected chi connectivity index (χ3v) is 2.19. The van der Waals surface area contributed by atoms with Gasteiger partial charge in [0, 0.05) is 5.41 Å². The van der Waals surface area contributed by atoms with Gasteiger partial charge in [0.05, 0.1) is 31.5 Å². The van der Waals surface area contributed by atoms with Crippen LogP contribution < -0.4 is 0 Å². The van der Waals surface area contributed by atoms with Gasteiger partial charge in [-0.2, -0.15) is 0 Å². The average molecular weight is 211 g/mol. The molecule has 0 atom stereocenters. The lowest BCUT2D eigenvalue weighted by atomic mass is 9.88. The molecule has 1 N–H and O–H groups in total. The fraction of sp³-hybridized carbons (Fsp3) is 0.700. The maximum atomic E-state index is 11.8. The molecule has 0 radical (unpaired) electrons. The molecule has 0 aliphatic heterocycles. The van der Waals surface area contributed by atoms with E-state index in [1.165, 1.54) is 0 Å². The third-order valence-electron chi connectivity index (χ3n) is 2.19. The topological polar surface area (TPSA) is 68.0 Å². The first kappa shape index (κ1) is 11.8. The summed E-state index contributed by atoms with van der Waals surface area (Å²) in [7, 11) is 0. The van der Waals surface area contributed by atoms with Crippen molar-refractivity contribution in [2.45, 2.75) is 33.7 Å². The van der Waals surface area contributed by atoms with E-state index in [4.69, 9.17) is 5.11 Å². The number of aromatic nitrogens is 3. The zero-order valence-corrected chi connectivity index (χ0v) is 9.40. The first-order chi connectivity index (χ1) is 6.95. The Labute approximate surface area is 89.1 Å². The highest BCUT2D eigenvalue weighted by Gasteiger charge is 2.22. The van der Waals surface area contributed by atoms with Gasteiger partial charge in [0.25, 0.3) is 0 Å². The molecule has 0 aliphatic carbocycles. The van der Waals surface area contributed by atoms with Crippen LogP contribution in [0.25, 0.3) is 0 Å². The Morgan fingerprint density at radius 1 is 1.53 bits per heavy atom. The molecule has 0 aromatic carbocycles. The normalized spacial score (nSPS) is 11.7. The van der Waals surface area contributed by atoms with Gasteiger partial charge in [0.2, 0.25) is 0 Å². The molecule has 1 heterocycles. The summed E-state index contributed by atoms with van der Waals surface area (Å²) in [4.78, 5) is 11.8. The van der Waals surface area contributed by atoms with Crippen LogP contribution in [-0.4, -0.2) is 32.5 Å². The van der Waals surface area contributed by atoms with E-state index < -0.39 is 0 Å². The molecule has 0 fully saturated rings. The highest BCUT2D eigenvalue weighted by Crippen LogP contribution is 2.17. The standard InChI is InChI=1S/C10H17N3O2/c1-10(2,3)9(15)6-8-7-11-12-13(8)4-5-14/h7,14H,4-6H2,1-3H3. The summed E-state index contributed by atoms with van der Waals surface area (Å²) in [5.41, 5.74) is 0.401. The third kappa shape index (κ3) is 3.13. The molecule has 0 saturated heterocycles. The molecule has 1 aromatic rings. The quantitative estimate of drug-likeness (QED) is 0.784. The van der Waals surface area contributed by atoms with Crippen LogP contribution in [0.5, 0.6) is 0 Å². The van der Waals surface area contributed by atoms with Gasteiger partial charge in [-0.15, -0.1) is 5.10 Å². The summed E-state index contributed by atoms with van der Waals surface area (Å²) in [5.74, 6) is 0.143. The number of aliphatic hydroxyl groups is 1. The second kappa shape index (κ2) is 4.53. The monoisotopic (exact) mass is 211 g/mol. The molecule has 5 heteroatoms. The van der Waals surface area contributed by atoms with E-state index in [0.717, 1.165) is 5.69 Å². The maximum absolute atomic E-state index is 11.8. The number of aliphatic hydroxyl groups excluding tert-OH is 1. The van der Waals surface area contributed by atoms with Crippen LogP contribution in [0.3, 0.4) is 0 Å². The van der Waals surface area contributed by atoms with Crippen LogP contribution in [0.15, 0.2) is 6.20 Å². The molecule has 5 nitrogen and oxygen atoms in total. The molecular formula is C10H17N3O2. The van der Waals surface area contributed by atoms with Gasteiger partial charge in [-0.3, -0.25) is 4.79 Å². The Morgan fingerprint density at radius 3 is 2.73 bits per heavy atom. The zero-order chi connectivity index (χ0) is 11.5. The Balaban J connectivity index is 2.72. The van der Waals surface area contributed by atoms with Gasteiger partial charge in [-0.1, -0.05) is 26.0 Å². The van der Waals surface area contributed by atoms with E-state index in [-0.39, 0.29) is 17.8 Å². The number of Topliss-reactive ketones (excluding diaryl/α,β-unsaturated/α-hetero) is 1. The molecule has 0 saturated carbocycles. The van der Waals surface area contributed by atoms with Crippen molar-refractivity contribution >= 4 is 5.78 Å². The minimum Gasteiger partial charge on any atom is -0.394 e. The van der Waals surface area contributed by atoms with E-state index in [1.807, 2.05) is 20.8 Å². The Bertz CT molecular complexity index is 339. The molecule has 1 rings (SSSR count). The summed E-state index contributed by atoms with van der Waals surface area (Å²) >= 11 is 0. The summed E-state index contributed by atoms with van der Waals surface area (Å²) in [5, 5.41) is 16.3. The summed E-state index contributed by atoms with van der Waals surface area (Å²) in [6.45, 7) is 6.04. The molecular weight excluding hydrogens is 194 g/mol. The Morgan fingerprint density at radius 2 is 2.20 bits per heavy atom. The van der Waals surface area contributed by atoms with Gasteiger partial charge in [0.1, 0.15) is 5.78 Å². The molecule has 0 bridgehead atoms. The molecule has 15 heavy (non-hydrogen) atoms. The lowest BCUT2D eigenvalue weighted by Crippen LogP contribution is -2.23. The average Bonchev–Trinajstić information content (AvgIpc) is 2.52. The number of rotatable bonds is 4. The minimum absolute atomic E-state index is 0.0000678. The van der Waals surface area contributed by atoms with Crippen LogP contribution in [0, 0.1) is 5.41 Å². The first-order valence-corrected chi connectivity index (χ1v) is 4.96. The molecule has 84 valence electrons. The van der Waals surface area contributed by atoms with Crippen molar-refractivity contribution in [3.05, 3.63) is 11.9 Å². The van der Waals surface area contributed by atoms with E-state index in [9.17, 15) is 4.79 Å². The van der Waals surface area contributed by atoms with E-state index in [2.05, 4.69) is 10.3 Å². The Kier molecular flexibility index (Phi) is 3.57. The van der Waals surface area contributed by atoms with Crippen LogP contribution in [-0.2, 0) is 17.8 Å². The summed E-state index contributed by atoms with van der Waals surface area (Å²) in [6, 6.07) is 0. The zero-order valence-electron chi connectivity index (χ0n) is 9.40. The summed E-state index contributed by atoms with van der Waals surface area (Å²) in [6.07, 6.45) is 1.88. The van der Waals surface area contributed by atoms with Crippen molar-refractivity contribution < 1.29 is 9.90 Å². The molecule has 0 aliphatic rings. The van der Waals surface area contributed by atoms with E-state index in [0.29, 0.717) is 13.0 Å². The lowest BCUT2D eigenvalue weighted by molar-refractivity contribution is -0.125. The van der Waals surface area contributed by atoms with Crippen LogP contribution in [0.2, 0.25) is 0 Å². The van der Waals surface area contributed by atoms with Crippen molar-refractivity contribution in [2.24, 2.45) is 5.41 Å². The lowest BCUT2D eigenvalue weighted by Gasteiger charge is -2.16. The van der Waals surface area contributed by atoms with Gasteiger partial charge in [0.15, 0.2) is 0 Å². The minimum atomic E-state index is -0.353. The number of carbonyl (C=O) groups excluding carboxylic acids is 1. The van der Waals surface area contributed by atoms with E-state index >= 15 is 0 Å². The maximum Gasteiger partial charge on any atom is 0.144 e. The first-order valence-electron chi connectivity index (χ1n) is 4.96. The molecule has 0 amide bonds. The number of ketones is 1. The largest absolute Gasteiger partial charge is 0.394 e. The van der Waals surface area contributed by atoms with Crippen molar-refractivity contribution in [3.8, 4) is 0 Å². The van der Waals surface area contributed by atoms with Crippen LogP contribution in [0.1, 0.15) is 26.5 Å². The fourth-order valence-electron chi connectivity index (χ4n) is 1.13. The van der Waals surface area contributed by atoms with Crippen LogP contribution >= 0.6 is 0 Å². The molecule has 0 spiro atoms. The highest BCUT2D eigenvalue weighted by molar-refractivity contribution is 5.85. The second-order valence-corrected chi connectivity index (χ2v) is 4.52. The van der Waals surface area contributed by atoms with Gasteiger partial charge < -0.3 is 5.11 Å². The fourth-order valence-corrected chi connectivity index (χ4v) is 1.13. The second-order valence-electron chi connectivity index (χ2n) is 4.52. The number of nitrogens with zero attached hydrogens (tertiary/aromatic N) is 3. The number of carbonyl (C=O) groups is 1. The Hall–Kier alpha value is -1.23. The highest BCUT2D eigenvalue weighted by atomic mass is 16.3. The summed E-state index contributed by atoms with van der Waals surface area (Å²) < 4.78 is 1.56. The smallest absolute Gasteiger partial charge is 0.144 e.